The molecule has 4 nitrogen and oxygen atoms in total. The molecule has 6 heteroatoms. The number of hydrogen-bond acceptors (Lipinski definition) is 4. The molecule has 0 spiro atoms. The first kappa shape index (κ1) is 11.7. The molecular weight excluding hydrogens is 224 g/mol. The van der Waals surface area contributed by atoms with Crippen molar-refractivity contribution in [2.75, 3.05) is 5.32 Å². The summed E-state index contributed by atoms with van der Waals surface area (Å²) in [7, 11) is 1.95. The van der Waals surface area contributed by atoms with Gasteiger partial charge in [0.1, 0.15) is 13.7 Å². The predicted molar refractivity (Wildman–Crippen MR) is 67.1 cm³/mol. The van der Waals surface area contributed by atoms with Crippen molar-refractivity contribution >= 4 is 30.7 Å². The molecule has 1 aliphatic carbocycles. The fourth-order valence-electron chi connectivity index (χ4n) is 1.98. The summed E-state index contributed by atoms with van der Waals surface area (Å²) >= 11 is 5.76. The molecule has 2 N–H and O–H groups in total. The van der Waals surface area contributed by atoms with E-state index in [1.165, 1.54) is 0 Å². The number of halogens is 1. The van der Waals surface area contributed by atoms with Crippen molar-refractivity contribution in [3.8, 4) is 0 Å². The molecule has 1 heterocycles. The minimum Gasteiger partial charge on any atom is -0.393 e. The van der Waals surface area contributed by atoms with Gasteiger partial charge in [0.15, 0.2) is 0 Å². The Morgan fingerprint density at radius 2 is 2.06 bits per heavy atom. The number of aliphatic hydroxyl groups is 1. The van der Waals surface area contributed by atoms with Gasteiger partial charge in [0.25, 0.3) is 0 Å². The van der Waals surface area contributed by atoms with Gasteiger partial charge in [-0.25, -0.2) is 9.97 Å². The molecule has 0 bridgehead atoms. The smallest absolute Gasteiger partial charge is 0.224 e. The molecular formula is C10H15BClN3O. The Morgan fingerprint density at radius 1 is 1.38 bits per heavy atom. The van der Waals surface area contributed by atoms with E-state index in [0.717, 1.165) is 37.0 Å². The fourth-order valence-corrected chi connectivity index (χ4v) is 2.11. The second-order valence-electron chi connectivity index (χ2n) is 4.32. The molecule has 0 radical (unpaired) electrons. The lowest BCUT2D eigenvalue weighted by Gasteiger charge is -2.27. The molecule has 1 saturated carbocycles. The molecule has 0 aromatic carbocycles. The number of nitrogens with one attached hydrogen (secondary N) is 1. The van der Waals surface area contributed by atoms with E-state index in [1.54, 1.807) is 6.20 Å². The van der Waals surface area contributed by atoms with Crippen LogP contribution in [0.1, 0.15) is 25.7 Å². The molecule has 0 atom stereocenters. The lowest BCUT2D eigenvalue weighted by atomic mass is 9.92. The number of aromatic nitrogens is 2. The lowest BCUT2D eigenvalue weighted by Crippen LogP contribution is -2.31. The van der Waals surface area contributed by atoms with Gasteiger partial charge < -0.3 is 10.4 Å². The molecule has 1 aliphatic rings. The summed E-state index contributed by atoms with van der Waals surface area (Å²) < 4.78 is 0. The van der Waals surface area contributed by atoms with E-state index in [2.05, 4.69) is 15.3 Å². The van der Waals surface area contributed by atoms with E-state index in [4.69, 9.17) is 11.6 Å². The van der Waals surface area contributed by atoms with E-state index in [0.29, 0.717) is 6.04 Å². The summed E-state index contributed by atoms with van der Waals surface area (Å²) in [5.74, 6) is 0.807. The Balaban J connectivity index is 2.00. The average molecular weight is 240 g/mol. The second-order valence-corrected chi connectivity index (χ2v) is 4.66. The molecule has 2 rings (SSSR count). The zero-order valence-corrected chi connectivity index (χ0v) is 10.0. The van der Waals surface area contributed by atoms with Gasteiger partial charge in [-0.05, 0) is 42.7 Å². The van der Waals surface area contributed by atoms with Crippen molar-refractivity contribution in [1.29, 1.82) is 0 Å². The molecule has 1 aromatic heterocycles. The van der Waals surface area contributed by atoms with Crippen LogP contribution in [-0.2, 0) is 0 Å². The highest BCUT2D eigenvalue weighted by atomic mass is 35.5. The molecule has 1 fully saturated rings. The Morgan fingerprint density at radius 3 is 2.75 bits per heavy atom. The van der Waals surface area contributed by atoms with E-state index in [9.17, 15) is 5.11 Å². The van der Waals surface area contributed by atoms with Crippen molar-refractivity contribution in [2.24, 2.45) is 0 Å². The van der Waals surface area contributed by atoms with Crippen molar-refractivity contribution < 1.29 is 5.11 Å². The van der Waals surface area contributed by atoms with Crippen LogP contribution in [-0.4, -0.2) is 35.1 Å². The van der Waals surface area contributed by atoms with Gasteiger partial charge in [0, 0.05) is 12.2 Å². The Bertz CT molecular complexity index is 369. The maximum Gasteiger partial charge on any atom is 0.224 e. The average Bonchev–Trinajstić information content (AvgIpc) is 2.27. The number of anilines is 1. The van der Waals surface area contributed by atoms with Crippen LogP contribution in [0.15, 0.2) is 6.20 Å². The van der Waals surface area contributed by atoms with Gasteiger partial charge in [0.05, 0.1) is 6.10 Å². The standard InChI is InChI=1S/C10H15BClN3O/c11-8-5-13-10(12)15-9(8)14-6-1-3-7(16)4-2-6/h5-7,16H,1-4,11H2,(H,13,14,15). The SMILES string of the molecule is Bc1cnc(Cl)nc1NC1CCC(O)CC1. The van der Waals surface area contributed by atoms with Gasteiger partial charge in [-0.15, -0.1) is 0 Å². The molecule has 0 unspecified atom stereocenters. The van der Waals surface area contributed by atoms with Gasteiger partial charge >= 0.3 is 0 Å². The maximum atomic E-state index is 9.42. The molecule has 1 aromatic rings. The van der Waals surface area contributed by atoms with Crippen LogP contribution in [0.3, 0.4) is 0 Å². The Kier molecular flexibility index (Phi) is 3.66. The van der Waals surface area contributed by atoms with Gasteiger partial charge in [-0.2, -0.15) is 0 Å². The highest BCUT2D eigenvalue weighted by Crippen LogP contribution is 2.20. The second kappa shape index (κ2) is 5.02. The summed E-state index contributed by atoms with van der Waals surface area (Å²) in [6.07, 6.45) is 5.25. The van der Waals surface area contributed by atoms with Crippen molar-refractivity contribution in [1.82, 2.24) is 9.97 Å². The quantitative estimate of drug-likeness (QED) is 0.568. The number of hydrogen-bond donors (Lipinski definition) is 2. The minimum atomic E-state index is -0.131. The van der Waals surface area contributed by atoms with Crippen LogP contribution < -0.4 is 10.8 Å². The first-order chi connectivity index (χ1) is 7.65. The zero-order valence-electron chi connectivity index (χ0n) is 9.28. The van der Waals surface area contributed by atoms with Crippen LogP contribution in [0.4, 0.5) is 5.82 Å². The first-order valence-corrected chi connectivity index (χ1v) is 5.96. The van der Waals surface area contributed by atoms with E-state index < -0.39 is 0 Å². The maximum absolute atomic E-state index is 9.42. The fraction of sp³-hybridized carbons (Fsp3) is 0.600. The van der Waals surface area contributed by atoms with Crippen LogP contribution in [0, 0.1) is 0 Å². The van der Waals surface area contributed by atoms with Crippen LogP contribution in [0.2, 0.25) is 5.28 Å². The largest absolute Gasteiger partial charge is 0.393 e. The zero-order chi connectivity index (χ0) is 11.5. The summed E-state index contributed by atoms with van der Waals surface area (Å²) in [5, 5.41) is 13.0. The monoisotopic (exact) mass is 239 g/mol. The van der Waals surface area contributed by atoms with Crippen molar-refractivity contribution in [3.05, 3.63) is 11.5 Å². The third-order valence-corrected chi connectivity index (χ3v) is 3.16. The third-order valence-electron chi connectivity index (χ3n) is 2.98. The van der Waals surface area contributed by atoms with Crippen molar-refractivity contribution in [3.63, 3.8) is 0 Å². The molecule has 86 valence electrons. The summed E-state index contributed by atoms with van der Waals surface area (Å²) in [6.45, 7) is 0. The molecule has 0 aliphatic heterocycles. The third kappa shape index (κ3) is 2.86. The van der Waals surface area contributed by atoms with E-state index in [1.807, 2.05) is 7.85 Å². The number of nitrogens with zero attached hydrogens (tertiary/aromatic N) is 2. The van der Waals surface area contributed by atoms with Crippen LogP contribution in [0.25, 0.3) is 0 Å². The van der Waals surface area contributed by atoms with Gasteiger partial charge in [0.2, 0.25) is 5.28 Å². The minimum absolute atomic E-state index is 0.131. The van der Waals surface area contributed by atoms with E-state index >= 15 is 0 Å². The normalized spacial score (nSPS) is 25.4. The lowest BCUT2D eigenvalue weighted by molar-refractivity contribution is 0.126. The summed E-state index contributed by atoms with van der Waals surface area (Å²) in [6, 6.07) is 0.382. The van der Waals surface area contributed by atoms with Crippen LogP contribution >= 0.6 is 11.6 Å². The van der Waals surface area contributed by atoms with Gasteiger partial charge in [-0.1, -0.05) is 0 Å². The number of aliphatic hydroxyl groups excluding tert-OH is 1. The van der Waals surface area contributed by atoms with Crippen LogP contribution in [0.5, 0.6) is 0 Å². The van der Waals surface area contributed by atoms with Gasteiger partial charge in [-0.3, -0.25) is 0 Å². The highest BCUT2D eigenvalue weighted by Gasteiger charge is 2.19. The predicted octanol–water partition coefficient (Wildman–Crippen LogP) is 0.104. The van der Waals surface area contributed by atoms with Crippen molar-refractivity contribution in [2.45, 2.75) is 37.8 Å². The molecule has 0 amide bonds. The topological polar surface area (TPSA) is 58.0 Å². The Hall–Kier alpha value is -0.805. The summed E-state index contributed by atoms with van der Waals surface area (Å²) in [4.78, 5) is 8.09. The first-order valence-electron chi connectivity index (χ1n) is 5.59. The molecule has 0 saturated heterocycles. The molecule has 16 heavy (non-hydrogen) atoms. The summed E-state index contributed by atoms with van der Waals surface area (Å²) in [5.41, 5.74) is 0.996. The Labute approximate surface area is 101 Å². The number of rotatable bonds is 2. The van der Waals surface area contributed by atoms with E-state index in [-0.39, 0.29) is 11.4 Å². The highest BCUT2D eigenvalue weighted by molar-refractivity contribution is 6.35.